The van der Waals surface area contributed by atoms with E-state index in [-0.39, 0.29) is 28.5 Å². The Balaban J connectivity index is 3.46. The molecule has 1 heterocycles. The monoisotopic (exact) mass is 232 g/mol. The van der Waals surface area contributed by atoms with Crippen LogP contribution >= 0.6 is 11.6 Å². The third kappa shape index (κ3) is 2.16. The number of methoxy groups -OCH3 is 1. The lowest BCUT2D eigenvalue weighted by atomic mass is 10.1. The van der Waals surface area contributed by atoms with Gasteiger partial charge in [-0.2, -0.15) is 5.26 Å². The summed E-state index contributed by atoms with van der Waals surface area (Å²) < 4.78 is 30.2. The van der Waals surface area contributed by atoms with Crippen LogP contribution in [0.25, 0.3) is 0 Å². The molecule has 0 aliphatic heterocycles. The van der Waals surface area contributed by atoms with Crippen molar-refractivity contribution in [3.8, 4) is 11.8 Å². The lowest BCUT2D eigenvalue weighted by molar-refractivity contribution is 0.146. The summed E-state index contributed by atoms with van der Waals surface area (Å²) in [7, 11) is 1.21. The number of halogens is 3. The van der Waals surface area contributed by atoms with Crippen LogP contribution in [0.5, 0.6) is 5.75 Å². The van der Waals surface area contributed by atoms with E-state index in [4.69, 9.17) is 21.6 Å². The molecule has 1 aromatic heterocycles. The van der Waals surface area contributed by atoms with Crippen molar-refractivity contribution in [3.63, 3.8) is 0 Å². The summed E-state index contributed by atoms with van der Waals surface area (Å²) >= 11 is 5.49. The highest BCUT2D eigenvalue weighted by atomic mass is 35.5. The number of ether oxygens (including phenoxy) is 1. The molecule has 80 valence electrons. The van der Waals surface area contributed by atoms with Gasteiger partial charge >= 0.3 is 0 Å². The number of rotatable bonds is 3. The first kappa shape index (κ1) is 11.7. The van der Waals surface area contributed by atoms with Crippen molar-refractivity contribution in [2.45, 2.75) is 12.3 Å². The molecule has 1 aromatic rings. The summed E-state index contributed by atoms with van der Waals surface area (Å²) in [5.41, 5.74) is -0.358. The molecule has 0 aliphatic rings. The first-order valence-corrected chi connectivity index (χ1v) is 4.49. The molecule has 0 atom stereocenters. The fraction of sp³-hybridized carbons (Fsp3) is 0.333. The predicted molar refractivity (Wildman–Crippen MR) is 50.0 cm³/mol. The zero-order valence-corrected chi connectivity index (χ0v) is 8.55. The minimum Gasteiger partial charge on any atom is -0.493 e. The van der Waals surface area contributed by atoms with Gasteiger partial charge in [0, 0.05) is 12.1 Å². The molecule has 0 bridgehead atoms. The first-order valence-electron chi connectivity index (χ1n) is 3.95. The minimum atomic E-state index is -2.75. The van der Waals surface area contributed by atoms with E-state index in [1.54, 1.807) is 6.07 Å². The Hall–Kier alpha value is -1.41. The third-order valence-electron chi connectivity index (χ3n) is 1.83. The van der Waals surface area contributed by atoms with E-state index in [0.717, 1.165) is 6.20 Å². The second-order valence-electron chi connectivity index (χ2n) is 2.63. The Kier molecular flexibility index (Phi) is 3.81. The Bertz CT molecular complexity index is 404. The van der Waals surface area contributed by atoms with Crippen molar-refractivity contribution in [1.29, 1.82) is 5.26 Å². The van der Waals surface area contributed by atoms with Gasteiger partial charge in [-0.05, 0) is 5.56 Å². The van der Waals surface area contributed by atoms with Gasteiger partial charge in [-0.25, -0.2) is 13.8 Å². The molecule has 0 N–H and O–H groups in total. The van der Waals surface area contributed by atoms with Crippen molar-refractivity contribution >= 4 is 11.6 Å². The molecule has 0 unspecified atom stereocenters. The summed E-state index contributed by atoms with van der Waals surface area (Å²) in [6.45, 7) is 0. The average Bonchev–Trinajstić information content (AvgIpc) is 2.26. The number of nitriles is 1. The van der Waals surface area contributed by atoms with Gasteiger partial charge in [0.1, 0.15) is 6.07 Å². The molecule has 0 radical (unpaired) electrons. The Morgan fingerprint density at radius 3 is 2.73 bits per heavy atom. The molecular formula is C9H7ClF2N2O. The molecule has 0 aliphatic carbocycles. The number of aromatic nitrogens is 1. The van der Waals surface area contributed by atoms with Crippen molar-refractivity contribution in [3.05, 3.63) is 23.0 Å². The molecule has 6 heteroatoms. The van der Waals surface area contributed by atoms with E-state index in [2.05, 4.69) is 4.98 Å². The van der Waals surface area contributed by atoms with Crippen LogP contribution in [0.3, 0.4) is 0 Å². The average molecular weight is 233 g/mol. The van der Waals surface area contributed by atoms with E-state index in [9.17, 15) is 8.78 Å². The van der Waals surface area contributed by atoms with Crippen LogP contribution in [0.1, 0.15) is 23.2 Å². The van der Waals surface area contributed by atoms with Gasteiger partial charge < -0.3 is 4.74 Å². The molecule has 0 saturated heterocycles. The van der Waals surface area contributed by atoms with Crippen molar-refractivity contribution in [2.24, 2.45) is 0 Å². The molecule has 0 saturated carbocycles. The summed E-state index contributed by atoms with van der Waals surface area (Å²) in [5, 5.41) is 8.65. The lowest BCUT2D eigenvalue weighted by Crippen LogP contribution is -2.02. The molecule has 1 rings (SSSR count). The quantitative estimate of drug-likeness (QED) is 0.753. The van der Waals surface area contributed by atoms with E-state index >= 15 is 0 Å². The van der Waals surface area contributed by atoms with E-state index in [1.165, 1.54) is 7.11 Å². The summed E-state index contributed by atoms with van der Waals surface area (Å²) in [4.78, 5) is 3.68. The van der Waals surface area contributed by atoms with Crippen LogP contribution in [0, 0.1) is 11.3 Å². The van der Waals surface area contributed by atoms with Crippen molar-refractivity contribution in [2.75, 3.05) is 7.11 Å². The largest absolute Gasteiger partial charge is 0.493 e. The molecule has 0 spiro atoms. The molecular weight excluding hydrogens is 226 g/mol. The second kappa shape index (κ2) is 4.89. The van der Waals surface area contributed by atoms with Gasteiger partial charge in [0.15, 0.2) is 11.4 Å². The fourth-order valence-corrected chi connectivity index (χ4v) is 1.39. The van der Waals surface area contributed by atoms with Crippen molar-refractivity contribution < 1.29 is 13.5 Å². The number of alkyl halides is 3. The maximum absolute atomic E-state index is 12.7. The van der Waals surface area contributed by atoms with Crippen LogP contribution in [-0.2, 0) is 5.88 Å². The molecule has 3 nitrogen and oxygen atoms in total. The molecule has 0 amide bonds. The fourth-order valence-electron chi connectivity index (χ4n) is 1.18. The van der Waals surface area contributed by atoms with Gasteiger partial charge in [0.25, 0.3) is 6.43 Å². The van der Waals surface area contributed by atoms with E-state index < -0.39 is 6.43 Å². The summed E-state index contributed by atoms with van der Waals surface area (Å²) in [6, 6.07) is 1.68. The maximum Gasteiger partial charge on any atom is 0.267 e. The third-order valence-corrected chi connectivity index (χ3v) is 2.12. The van der Waals surface area contributed by atoms with Gasteiger partial charge in [0.05, 0.1) is 12.7 Å². The minimum absolute atomic E-state index is 0.102. The molecule has 15 heavy (non-hydrogen) atoms. The first-order chi connectivity index (χ1) is 7.15. The second-order valence-corrected chi connectivity index (χ2v) is 2.89. The number of pyridine rings is 1. The van der Waals surface area contributed by atoms with Gasteiger partial charge in [0.2, 0.25) is 0 Å². The number of hydrogen-bond donors (Lipinski definition) is 0. The number of hydrogen-bond acceptors (Lipinski definition) is 3. The Labute approximate surface area is 90.3 Å². The SMILES string of the molecule is COc1c(C#N)ncc(CCl)c1C(F)F. The highest BCUT2D eigenvalue weighted by Crippen LogP contribution is 2.34. The Morgan fingerprint density at radius 1 is 1.67 bits per heavy atom. The highest BCUT2D eigenvalue weighted by Gasteiger charge is 2.22. The Morgan fingerprint density at radius 2 is 2.33 bits per heavy atom. The van der Waals surface area contributed by atoms with Crippen molar-refractivity contribution in [1.82, 2.24) is 4.98 Å². The van der Waals surface area contributed by atoms with Crippen LogP contribution in [0.2, 0.25) is 0 Å². The number of nitrogens with zero attached hydrogens (tertiary/aromatic N) is 2. The summed E-state index contributed by atoms with van der Waals surface area (Å²) in [6.07, 6.45) is -1.58. The molecule has 0 aromatic carbocycles. The van der Waals surface area contributed by atoms with Gasteiger partial charge in [-0.15, -0.1) is 11.6 Å². The van der Waals surface area contributed by atoms with Gasteiger partial charge in [-0.3, -0.25) is 0 Å². The maximum atomic E-state index is 12.7. The van der Waals surface area contributed by atoms with E-state index in [0.29, 0.717) is 0 Å². The van der Waals surface area contributed by atoms with E-state index in [1.807, 2.05) is 0 Å². The molecule has 0 fully saturated rings. The topological polar surface area (TPSA) is 45.9 Å². The van der Waals surface area contributed by atoms with Gasteiger partial charge in [-0.1, -0.05) is 0 Å². The lowest BCUT2D eigenvalue weighted by Gasteiger charge is -2.11. The van der Waals surface area contributed by atoms with Crippen LogP contribution in [0.4, 0.5) is 8.78 Å². The normalized spacial score (nSPS) is 10.1. The summed E-state index contributed by atoms with van der Waals surface area (Å²) in [5.74, 6) is -0.306. The highest BCUT2D eigenvalue weighted by molar-refractivity contribution is 6.17. The van der Waals surface area contributed by atoms with Crippen LogP contribution < -0.4 is 4.74 Å². The van der Waals surface area contributed by atoms with Crippen LogP contribution in [0.15, 0.2) is 6.20 Å². The zero-order valence-electron chi connectivity index (χ0n) is 7.80. The predicted octanol–water partition coefficient (Wildman–Crippen LogP) is 2.64. The smallest absolute Gasteiger partial charge is 0.267 e. The standard InChI is InChI=1S/C9H7ClF2N2O/c1-15-8-6(3-13)14-4-5(2-10)7(8)9(11)12/h4,9H,2H2,1H3. The zero-order chi connectivity index (χ0) is 11.4. The van der Waals surface area contributed by atoms with Crippen LogP contribution in [-0.4, -0.2) is 12.1 Å².